The second-order valence-corrected chi connectivity index (χ2v) is 4.79. The second-order valence-electron chi connectivity index (χ2n) is 3.91. The molecule has 19 heavy (non-hydrogen) atoms. The van der Waals surface area contributed by atoms with Crippen LogP contribution in [0.15, 0.2) is 47.4 Å². The van der Waals surface area contributed by atoms with Crippen LogP contribution in [0.4, 0.5) is 4.39 Å². The van der Waals surface area contributed by atoms with Gasteiger partial charge in [0.15, 0.2) is 0 Å². The maximum atomic E-state index is 13.0. The fraction of sp³-hybridized carbons (Fsp3) is 0.133. The summed E-state index contributed by atoms with van der Waals surface area (Å²) in [5.41, 5.74) is 2.01. The molecule has 2 nitrogen and oxygen atoms in total. The van der Waals surface area contributed by atoms with Crippen LogP contribution >= 0.6 is 11.8 Å². The Morgan fingerprint density at radius 1 is 1.16 bits per heavy atom. The zero-order valence-electron chi connectivity index (χ0n) is 10.6. The van der Waals surface area contributed by atoms with Gasteiger partial charge in [0.2, 0.25) is 0 Å². The Morgan fingerprint density at radius 2 is 1.84 bits per heavy atom. The van der Waals surface area contributed by atoms with Gasteiger partial charge in [-0.3, -0.25) is 0 Å². The van der Waals surface area contributed by atoms with Crippen LogP contribution in [0.25, 0.3) is 11.1 Å². The van der Waals surface area contributed by atoms with E-state index in [9.17, 15) is 9.18 Å². The molecule has 2 aromatic rings. The first-order valence-corrected chi connectivity index (χ1v) is 6.90. The normalized spacial score (nSPS) is 10.3. The number of esters is 1. The summed E-state index contributed by atoms with van der Waals surface area (Å²) < 4.78 is 17.8. The predicted molar refractivity (Wildman–Crippen MR) is 75.0 cm³/mol. The third kappa shape index (κ3) is 2.96. The van der Waals surface area contributed by atoms with Gasteiger partial charge in [-0.15, -0.1) is 11.8 Å². The Kier molecular flexibility index (Phi) is 4.22. The average molecular weight is 276 g/mol. The van der Waals surface area contributed by atoms with Gasteiger partial charge < -0.3 is 4.74 Å². The number of thioether (sulfide) groups is 1. The van der Waals surface area contributed by atoms with Gasteiger partial charge in [0.05, 0.1) is 12.7 Å². The molecule has 98 valence electrons. The van der Waals surface area contributed by atoms with E-state index in [1.165, 1.54) is 19.2 Å². The molecule has 0 saturated carbocycles. The van der Waals surface area contributed by atoms with Gasteiger partial charge in [-0.2, -0.15) is 0 Å². The average Bonchev–Trinajstić information content (AvgIpc) is 2.46. The third-order valence-corrected chi connectivity index (χ3v) is 3.51. The highest BCUT2D eigenvalue weighted by molar-refractivity contribution is 7.98. The van der Waals surface area contributed by atoms with Crippen molar-refractivity contribution in [3.05, 3.63) is 53.8 Å². The van der Waals surface area contributed by atoms with Crippen LogP contribution in [0.5, 0.6) is 0 Å². The van der Waals surface area contributed by atoms with E-state index < -0.39 is 5.97 Å². The lowest BCUT2D eigenvalue weighted by Gasteiger charge is -2.09. The standard InChI is InChI=1S/C15H13FO2S/c1-18-15(17)14-9-12(19-2)7-8-13(14)10-3-5-11(16)6-4-10/h3-9H,1-2H3. The number of hydrogen-bond donors (Lipinski definition) is 0. The first-order valence-electron chi connectivity index (χ1n) is 5.68. The van der Waals surface area contributed by atoms with Gasteiger partial charge >= 0.3 is 5.97 Å². The quantitative estimate of drug-likeness (QED) is 0.626. The maximum Gasteiger partial charge on any atom is 0.338 e. The van der Waals surface area contributed by atoms with Gasteiger partial charge in [-0.25, -0.2) is 9.18 Å². The van der Waals surface area contributed by atoms with Crippen LogP contribution in [-0.4, -0.2) is 19.3 Å². The van der Waals surface area contributed by atoms with Gasteiger partial charge in [-0.05, 0) is 41.6 Å². The Bertz CT molecular complexity index is 594. The van der Waals surface area contributed by atoms with Crippen molar-refractivity contribution in [1.29, 1.82) is 0 Å². The van der Waals surface area contributed by atoms with Crippen LogP contribution in [0.3, 0.4) is 0 Å². The van der Waals surface area contributed by atoms with Crippen molar-refractivity contribution >= 4 is 17.7 Å². The molecule has 0 radical (unpaired) electrons. The van der Waals surface area contributed by atoms with Crippen LogP contribution in [0.2, 0.25) is 0 Å². The summed E-state index contributed by atoms with van der Waals surface area (Å²) in [6.45, 7) is 0. The Hall–Kier alpha value is -1.81. The first-order chi connectivity index (χ1) is 9.15. The van der Waals surface area contributed by atoms with E-state index >= 15 is 0 Å². The number of carbonyl (C=O) groups excluding carboxylic acids is 1. The largest absolute Gasteiger partial charge is 0.465 e. The van der Waals surface area contributed by atoms with Crippen molar-refractivity contribution < 1.29 is 13.9 Å². The number of ether oxygens (including phenoxy) is 1. The molecular formula is C15H13FO2S. The van der Waals surface area contributed by atoms with Crippen LogP contribution in [0, 0.1) is 5.82 Å². The number of carbonyl (C=O) groups is 1. The number of benzene rings is 2. The van der Waals surface area contributed by atoms with E-state index in [0.717, 1.165) is 16.0 Å². The van der Waals surface area contributed by atoms with Crippen LogP contribution < -0.4 is 0 Å². The first kappa shape index (κ1) is 13.6. The Labute approximate surface area is 115 Å². The summed E-state index contributed by atoms with van der Waals surface area (Å²) in [5.74, 6) is -0.695. The predicted octanol–water partition coefficient (Wildman–Crippen LogP) is 4.00. The molecule has 0 aliphatic heterocycles. The highest BCUT2D eigenvalue weighted by Crippen LogP contribution is 2.28. The van der Waals surface area contributed by atoms with Crippen LogP contribution in [0.1, 0.15) is 10.4 Å². The lowest BCUT2D eigenvalue weighted by molar-refractivity contribution is 0.0601. The van der Waals surface area contributed by atoms with E-state index in [-0.39, 0.29) is 5.82 Å². The minimum absolute atomic E-state index is 0.302. The SMILES string of the molecule is COC(=O)c1cc(SC)ccc1-c1ccc(F)cc1. The highest BCUT2D eigenvalue weighted by atomic mass is 32.2. The fourth-order valence-corrected chi connectivity index (χ4v) is 2.25. The van der Waals surface area contributed by atoms with Crippen LogP contribution in [-0.2, 0) is 4.74 Å². The van der Waals surface area contributed by atoms with Crippen molar-refractivity contribution in [2.24, 2.45) is 0 Å². The molecule has 0 bridgehead atoms. The van der Waals surface area contributed by atoms with Crippen molar-refractivity contribution in [3.63, 3.8) is 0 Å². The maximum absolute atomic E-state index is 13.0. The van der Waals surface area contributed by atoms with E-state index in [0.29, 0.717) is 5.56 Å². The van der Waals surface area contributed by atoms with E-state index in [1.807, 2.05) is 18.4 Å². The summed E-state index contributed by atoms with van der Waals surface area (Å²) in [7, 11) is 1.35. The Morgan fingerprint density at radius 3 is 2.42 bits per heavy atom. The lowest BCUT2D eigenvalue weighted by atomic mass is 10.00. The van der Waals surface area contributed by atoms with Gasteiger partial charge in [0, 0.05) is 4.90 Å². The summed E-state index contributed by atoms with van der Waals surface area (Å²) in [6, 6.07) is 11.6. The minimum atomic E-state index is -0.393. The summed E-state index contributed by atoms with van der Waals surface area (Å²) in [6.07, 6.45) is 1.94. The highest BCUT2D eigenvalue weighted by Gasteiger charge is 2.14. The molecule has 2 aromatic carbocycles. The third-order valence-electron chi connectivity index (χ3n) is 2.79. The molecule has 4 heteroatoms. The van der Waals surface area contributed by atoms with Gasteiger partial charge in [0.25, 0.3) is 0 Å². The van der Waals surface area contributed by atoms with Gasteiger partial charge in [-0.1, -0.05) is 18.2 Å². The molecule has 0 fully saturated rings. The molecule has 0 heterocycles. The molecular weight excluding hydrogens is 263 g/mol. The molecule has 0 N–H and O–H groups in total. The molecule has 0 unspecified atom stereocenters. The molecule has 0 aliphatic carbocycles. The second kappa shape index (κ2) is 5.89. The summed E-state index contributed by atoms with van der Waals surface area (Å²) in [5, 5.41) is 0. The van der Waals surface area contributed by atoms with Gasteiger partial charge in [0.1, 0.15) is 5.82 Å². The van der Waals surface area contributed by atoms with Crippen molar-refractivity contribution in [1.82, 2.24) is 0 Å². The summed E-state index contributed by atoms with van der Waals surface area (Å²) in [4.78, 5) is 12.8. The molecule has 0 spiro atoms. The smallest absolute Gasteiger partial charge is 0.338 e. The summed E-state index contributed by atoms with van der Waals surface area (Å²) >= 11 is 1.55. The van der Waals surface area contributed by atoms with E-state index in [4.69, 9.17) is 4.74 Å². The molecule has 0 amide bonds. The molecule has 2 rings (SSSR count). The molecule has 0 aromatic heterocycles. The zero-order valence-corrected chi connectivity index (χ0v) is 11.5. The number of halogens is 1. The molecule has 0 atom stereocenters. The topological polar surface area (TPSA) is 26.3 Å². The monoisotopic (exact) mass is 276 g/mol. The minimum Gasteiger partial charge on any atom is -0.465 e. The fourth-order valence-electron chi connectivity index (χ4n) is 1.81. The van der Waals surface area contributed by atoms with Crippen molar-refractivity contribution in [2.75, 3.05) is 13.4 Å². The molecule has 0 saturated heterocycles. The zero-order chi connectivity index (χ0) is 13.8. The Balaban J connectivity index is 2.55. The lowest BCUT2D eigenvalue weighted by Crippen LogP contribution is -2.03. The van der Waals surface area contributed by atoms with E-state index in [2.05, 4.69) is 0 Å². The van der Waals surface area contributed by atoms with Crippen molar-refractivity contribution in [3.8, 4) is 11.1 Å². The molecule has 0 aliphatic rings. The number of methoxy groups -OCH3 is 1. The van der Waals surface area contributed by atoms with Crippen molar-refractivity contribution in [2.45, 2.75) is 4.90 Å². The number of rotatable bonds is 3. The van der Waals surface area contributed by atoms with E-state index in [1.54, 1.807) is 30.0 Å². The number of hydrogen-bond acceptors (Lipinski definition) is 3.